The number of thiophene rings is 1. The normalized spacial score (nSPS) is 10.7. The molecule has 0 spiro atoms. The highest BCUT2D eigenvalue weighted by Crippen LogP contribution is 2.23. The van der Waals surface area contributed by atoms with Crippen LogP contribution >= 0.6 is 11.3 Å². The minimum absolute atomic E-state index is 0.514. The molecule has 0 atom stereocenters. The van der Waals surface area contributed by atoms with E-state index in [1.807, 2.05) is 24.6 Å². The van der Waals surface area contributed by atoms with Crippen LogP contribution < -0.4 is 5.32 Å². The lowest BCUT2D eigenvalue weighted by atomic mass is 10.3. The predicted octanol–water partition coefficient (Wildman–Crippen LogP) is 2.53. The number of nitrogens with zero attached hydrogens (tertiary/aromatic N) is 5. The van der Waals surface area contributed by atoms with E-state index in [1.54, 1.807) is 22.2 Å². The molecule has 3 aromatic heterocycles. The number of aromatic nitrogens is 5. The summed E-state index contributed by atoms with van der Waals surface area (Å²) in [5.41, 5.74) is 1.00. The maximum absolute atomic E-state index is 4.49. The molecule has 3 rings (SSSR count). The number of hydrogen-bond acceptors (Lipinski definition) is 6. The molecule has 0 fully saturated rings. The third kappa shape index (κ3) is 2.53. The maximum Gasteiger partial charge on any atom is 0.255 e. The molecule has 0 unspecified atom stereocenters. The molecule has 7 heteroatoms. The van der Waals surface area contributed by atoms with Crippen LogP contribution in [0.3, 0.4) is 0 Å². The number of aryl methyl sites for hydroxylation is 1. The number of hydrogen-bond donors (Lipinski definition) is 1. The van der Waals surface area contributed by atoms with Gasteiger partial charge in [0.25, 0.3) is 5.95 Å². The molecule has 0 bridgehead atoms. The highest BCUT2D eigenvalue weighted by molar-refractivity contribution is 7.10. The van der Waals surface area contributed by atoms with Crippen molar-refractivity contribution >= 4 is 17.3 Å². The highest BCUT2D eigenvalue weighted by atomic mass is 32.1. The molecular formula is C13H14N6S. The van der Waals surface area contributed by atoms with Gasteiger partial charge in [0.1, 0.15) is 0 Å². The van der Waals surface area contributed by atoms with Crippen molar-refractivity contribution in [1.29, 1.82) is 0 Å². The number of rotatable bonds is 4. The van der Waals surface area contributed by atoms with Gasteiger partial charge in [0.15, 0.2) is 5.82 Å². The fourth-order valence-electron chi connectivity index (χ4n) is 1.78. The lowest BCUT2D eigenvalue weighted by Gasteiger charge is -2.06. The van der Waals surface area contributed by atoms with Crippen LogP contribution in [0.15, 0.2) is 29.9 Å². The summed E-state index contributed by atoms with van der Waals surface area (Å²) in [6.45, 7) is 4.82. The average Bonchev–Trinajstić information content (AvgIpc) is 3.09. The number of nitrogens with one attached hydrogen (secondary N) is 1. The molecule has 0 aliphatic rings. The Kier molecular flexibility index (Phi) is 3.42. The fraction of sp³-hybridized carbons (Fsp3) is 0.231. The molecular weight excluding hydrogens is 272 g/mol. The minimum Gasteiger partial charge on any atom is -0.354 e. The molecule has 0 saturated heterocycles. The van der Waals surface area contributed by atoms with E-state index in [0.717, 1.165) is 12.1 Å². The van der Waals surface area contributed by atoms with Crippen LogP contribution in [0.1, 0.15) is 11.8 Å². The molecule has 0 aliphatic heterocycles. The van der Waals surface area contributed by atoms with E-state index in [9.17, 15) is 0 Å². The Labute approximate surface area is 120 Å². The zero-order valence-electron chi connectivity index (χ0n) is 11.2. The van der Waals surface area contributed by atoms with Gasteiger partial charge in [0, 0.05) is 34.8 Å². The van der Waals surface area contributed by atoms with Crippen molar-refractivity contribution in [2.45, 2.75) is 13.8 Å². The Morgan fingerprint density at radius 2 is 2.20 bits per heavy atom. The SMILES string of the molecule is CCNc1nc(-c2csc(C)c2)nc(-n2cccn2)n1. The van der Waals surface area contributed by atoms with E-state index in [4.69, 9.17) is 0 Å². The lowest BCUT2D eigenvalue weighted by Crippen LogP contribution is -2.09. The Balaban J connectivity index is 2.09. The van der Waals surface area contributed by atoms with Crippen molar-refractivity contribution in [2.75, 3.05) is 11.9 Å². The molecule has 0 radical (unpaired) electrons. The molecule has 3 heterocycles. The highest BCUT2D eigenvalue weighted by Gasteiger charge is 2.10. The first-order chi connectivity index (χ1) is 9.76. The summed E-state index contributed by atoms with van der Waals surface area (Å²) >= 11 is 1.68. The summed E-state index contributed by atoms with van der Waals surface area (Å²) in [5, 5.41) is 9.34. The standard InChI is InChI=1S/C13H14N6S/c1-3-14-12-16-11(10-7-9(2)20-8-10)17-13(18-12)19-6-4-5-15-19/h4-8H,3H2,1-2H3,(H,14,16,17,18). The number of anilines is 1. The van der Waals surface area contributed by atoms with Gasteiger partial charge in [0.2, 0.25) is 5.95 Å². The summed E-state index contributed by atoms with van der Waals surface area (Å²) in [5.74, 6) is 1.73. The molecule has 6 nitrogen and oxygen atoms in total. The molecule has 0 saturated carbocycles. The van der Waals surface area contributed by atoms with Gasteiger partial charge < -0.3 is 5.32 Å². The third-order valence-corrected chi connectivity index (χ3v) is 3.52. The van der Waals surface area contributed by atoms with Crippen LogP contribution in [0, 0.1) is 6.92 Å². The maximum atomic E-state index is 4.49. The van der Waals surface area contributed by atoms with Crippen molar-refractivity contribution in [1.82, 2.24) is 24.7 Å². The van der Waals surface area contributed by atoms with Gasteiger partial charge in [-0.1, -0.05) is 0 Å². The summed E-state index contributed by atoms with van der Waals surface area (Å²) in [4.78, 5) is 14.5. The van der Waals surface area contributed by atoms with Gasteiger partial charge in [-0.15, -0.1) is 11.3 Å². The van der Waals surface area contributed by atoms with E-state index in [0.29, 0.717) is 17.7 Å². The second-order valence-electron chi connectivity index (χ2n) is 4.21. The van der Waals surface area contributed by atoms with E-state index in [1.165, 1.54) is 4.88 Å². The zero-order chi connectivity index (χ0) is 13.9. The second kappa shape index (κ2) is 5.38. The Morgan fingerprint density at radius 3 is 2.85 bits per heavy atom. The van der Waals surface area contributed by atoms with Gasteiger partial charge in [-0.2, -0.15) is 20.1 Å². The van der Waals surface area contributed by atoms with Crippen molar-refractivity contribution in [2.24, 2.45) is 0 Å². The molecule has 3 aromatic rings. The van der Waals surface area contributed by atoms with E-state index >= 15 is 0 Å². The Morgan fingerprint density at radius 1 is 1.30 bits per heavy atom. The molecule has 0 amide bonds. The Bertz CT molecular complexity index is 703. The lowest BCUT2D eigenvalue weighted by molar-refractivity contribution is 0.798. The van der Waals surface area contributed by atoms with Crippen LogP contribution in [-0.4, -0.2) is 31.3 Å². The van der Waals surface area contributed by atoms with E-state index in [-0.39, 0.29) is 0 Å². The van der Waals surface area contributed by atoms with E-state index < -0.39 is 0 Å². The van der Waals surface area contributed by atoms with Crippen LogP contribution in [0.5, 0.6) is 0 Å². The van der Waals surface area contributed by atoms with Gasteiger partial charge in [0.05, 0.1) is 0 Å². The summed E-state index contributed by atoms with van der Waals surface area (Å²) in [6.07, 6.45) is 3.51. The largest absolute Gasteiger partial charge is 0.354 e. The van der Waals surface area contributed by atoms with Gasteiger partial charge in [-0.05, 0) is 26.0 Å². The smallest absolute Gasteiger partial charge is 0.255 e. The van der Waals surface area contributed by atoms with Gasteiger partial charge in [-0.25, -0.2) is 4.68 Å². The molecule has 102 valence electrons. The van der Waals surface area contributed by atoms with E-state index in [2.05, 4.69) is 38.4 Å². The predicted molar refractivity (Wildman–Crippen MR) is 79.2 cm³/mol. The monoisotopic (exact) mass is 286 g/mol. The van der Waals surface area contributed by atoms with Crippen LogP contribution in [0.2, 0.25) is 0 Å². The van der Waals surface area contributed by atoms with Gasteiger partial charge in [-0.3, -0.25) is 0 Å². The summed E-state index contributed by atoms with van der Waals surface area (Å²) < 4.78 is 1.63. The molecule has 20 heavy (non-hydrogen) atoms. The molecule has 0 aromatic carbocycles. The zero-order valence-corrected chi connectivity index (χ0v) is 12.1. The van der Waals surface area contributed by atoms with Crippen molar-refractivity contribution < 1.29 is 0 Å². The topological polar surface area (TPSA) is 68.5 Å². The first kappa shape index (κ1) is 12.7. The fourth-order valence-corrected chi connectivity index (χ4v) is 2.46. The van der Waals surface area contributed by atoms with Crippen LogP contribution in [0.25, 0.3) is 17.3 Å². The average molecular weight is 286 g/mol. The summed E-state index contributed by atoms with van der Waals surface area (Å²) in [7, 11) is 0. The van der Waals surface area contributed by atoms with Crippen LogP contribution in [0.4, 0.5) is 5.95 Å². The third-order valence-electron chi connectivity index (χ3n) is 2.66. The first-order valence-electron chi connectivity index (χ1n) is 6.31. The quantitative estimate of drug-likeness (QED) is 0.798. The van der Waals surface area contributed by atoms with Crippen LogP contribution in [-0.2, 0) is 0 Å². The first-order valence-corrected chi connectivity index (χ1v) is 7.19. The van der Waals surface area contributed by atoms with Crippen molar-refractivity contribution in [3.8, 4) is 17.3 Å². The van der Waals surface area contributed by atoms with Gasteiger partial charge >= 0.3 is 0 Å². The van der Waals surface area contributed by atoms with Crippen molar-refractivity contribution in [3.05, 3.63) is 34.8 Å². The minimum atomic E-state index is 0.514. The molecule has 1 N–H and O–H groups in total. The second-order valence-corrected chi connectivity index (χ2v) is 5.32. The van der Waals surface area contributed by atoms with Crippen molar-refractivity contribution in [3.63, 3.8) is 0 Å². The molecule has 0 aliphatic carbocycles. The Hall–Kier alpha value is -2.28. The summed E-state index contributed by atoms with van der Waals surface area (Å²) in [6, 6.07) is 3.91.